The molecule has 1 aliphatic rings. The van der Waals surface area contributed by atoms with E-state index in [4.69, 9.17) is 4.42 Å². The number of nitrogens with one attached hydrogen (secondary N) is 1. The second kappa shape index (κ2) is 8.86. The maximum atomic E-state index is 12.9. The minimum atomic E-state index is -0.246. The lowest BCUT2D eigenvalue weighted by Gasteiger charge is -2.31. The van der Waals surface area contributed by atoms with Gasteiger partial charge in [-0.2, -0.15) is 0 Å². The summed E-state index contributed by atoms with van der Waals surface area (Å²) in [6.45, 7) is 2.10. The lowest BCUT2D eigenvalue weighted by molar-refractivity contribution is -0.125. The van der Waals surface area contributed by atoms with Crippen molar-refractivity contribution in [2.75, 3.05) is 24.5 Å². The Morgan fingerprint density at radius 3 is 2.55 bits per heavy atom. The number of furan rings is 1. The molecular formula is C22H23FN4O2. The maximum Gasteiger partial charge on any atom is 0.223 e. The van der Waals surface area contributed by atoms with E-state index in [1.54, 1.807) is 18.4 Å². The van der Waals surface area contributed by atoms with Crippen LogP contribution in [0.1, 0.15) is 18.4 Å². The lowest BCUT2D eigenvalue weighted by atomic mass is 9.96. The number of piperidine rings is 1. The van der Waals surface area contributed by atoms with Gasteiger partial charge in [0.2, 0.25) is 5.91 Å². The quantitative estimate of drug-likeness (QED) is 0.693. The number of aromatic nitrogens is 2. The van der Waals surface area contributed by atoms with Gasteiger partial charge in [0.15, 0.2) is 11.6 Å². The molecule has 29 heavy (non-hydrogen) atoms. The number of hydrogen-bond acceptors (Lipinski definition) is 5. The summed E-state index contributed by atoms with van der Waals surface area (Å²) in [5, 5.41) is 11.5. The molecule has 6 nitrogen and oxygen atoms in total. The summed E-state index contributed by atoms with van der Waals surface area (Å²) >= 11 is 0. The highest BCUT2D eigenvalue weighted by Crippen LogP contribution is 2.23. The summed E-state index contributed by atoms with van der Waals surface area (Å²) in [4.78, 5) is 14.6. The minimum Gasteiger partial charge on any atom is -0.463 e. The SMILES string of the molecule is O=C(NCCc1ccc(F)cc1)C1CCN(c2ccc(-c3ccco3)nn2)CC1. The Balaban J connectivity index is 1.23. The van der Waals surface area contributed by atoms with E-state index in [0.29, 0.717) is 24.4 Å². The highest BCUT2D eigenvalue weighted by atomic mass is 19.1. The first-order valence-electron chi connectivity index (χ1n) is 9.84. The molecule has 2 aromatic heterocycles. The van der Waals surface area contributed by atoms with Crippen molar-refractivity contribution in [2.24, 2.45) is 5.92 Å². The van der Waals surface area contributed by atoms with Gasteiger partial charge in [0.05, 0.1) is 6.26 Å². The summed E-state index contributed by atoms with van der Waals surface area (Å²) in [6, 6.07) is 13.9. The number of benzene rings is 1. The van der Waals surface area contributed by atoms with Crippen LogP contribution in [0.15, 0.2) is 59.2 Å². The number of nitrogens with zero attached hydrogens (tertiary/aromatic N) is 3. The third-order valence-corrected chi connectivity index (χ3v) is 5.24. The van der Waals surface area contributed by atoms with Crippen LogP contribution in [-0.2, 0) is 11.2 Å². The summed E-state index contributed by atoms with van der Waals surface area (Å²) in [5.74, 6) is 1.36. The van der Waals surface area contributed by atoms with Crippen LogP contribution in [0.5, 0.6) is 0 Å². The summed E-state index contributed by atoms with van der Waals surface area (Å²) in [7, 11) is 0. The molecule has 0 bridgehead atoms. The van der Waals surface area contributed by atoms with Crippen LogP contribution in [0.2, 0.25) is 0 Å². The van der Waals surface area contributed by atoms with Gasteiger partial charge in [-0.3, -0.25) is 4.79 Å². The van der Waals surface area contributed by atoms with Gasteiger partial charge >= 0.3 is 0 Å². The molecule has 1 amide bonds. The van der Waals surface area contributed by atoms with Gasteiger partial charge in [0.25, 0.3) is 0 Å². The van der Waals surface area contributed by atoms with Crippen LogP contribution >= 0.6 is 0 Å². The molecule has 3 heterocycles. The van der Waals surface area contributed by atoms with E-state index in [9.17, 15) is 9.18 Å². The van der Waals surface area contributed by atoms with E-state index in [0.717, 1.165) is 37.3 Å². The number of carbonyl (C=O) groups is 1. The first-order chi connectivity index (χ1) is 14.2. The Kier molecular flexibility index (Phi) is 5.84. The first kappa shape index (κ1) is 19.1. The summed E-state index contributed by atoms with van der Waals surface area (Å²) in [6.07, 6.45) is 3.87. The van der Waals surface area contributed by atoms with E-state index in [-0.39, 0.29) is 17.6 Å². The zero-order chi connectivity index (χ0) is 20.1. The molecule has 7 heteroatoms. The van der Waals surface area contributed by atoms with Crippen LogP contribution in [0, 0.1) is 11.7 Å². The summed E-state index contributed by atoms with van der Waals surface area (Å²) in [5.41, 5.74) is 1.72. The van der Waals surface area contributed by atoms with Crippen LogP contribution in [0.25, 0.3) is 11.5 Å². The molecule has 1 saturated heterocycles. The smallest absolute Gasteiger partial charge is 0.223 e. The van der Waals surface area contributed by atoms with Gasteiger partial charge in [-0.05, 0) is 61.2 Å². The zero-order valence-corrected chi connectivity index (χ0v) is 16.1. The number of amides is 1. The molecule has 4 rings (SSSR count). The molecular weight excluding hydrogens is 371 g/mol. The number of anilines is 1. The van der Waals surface area contributed by atoms with Crippen molar-refractivity contribution in [3.05, 3.63) is 66.2 Å². The molecule has 150 valence electrons. The third kappa shape index (κ3) is 4.80. The molecule has 1 N–H and O–H groups in total. The molecule has 0 radical (unpaired) electrons. The Hall–Kier alpha value is -3.22. The fourth-order valence-electron chi connectivity index (χ4n) is 3.55. The minimum absolute atomic E-state index is 0.00909. The van der Waals surface area contributed by atoms with Crippen molar-refractivity contribution in [1.82, 2.24) is 15.5 Å². The Morgan fingerprint density at radius 1 is 1.10 bits per heavy atom. The number of rotatable bonds is 6. The van der Waals surface area contributed by atoms with Gasteiger partial charge < -0.3 is 14.6 Å². The Morgan fingerprint density at radius 2 is 1.90 bits per heavy atom. The van der Waals surface area contributed by atoms with Crippen LogP contribution in [0.4, 0.5) is 10.2 Å². The molecule has 1 fully saturated rings. The van der Waals surface area contributed by atoms with Crippen molar-refractivity contribution in [2.45, 2.75) is 19.3 Å². The monoisotopic (exact) mass is 394 g/mol. The van der Waals surface area contributed by atoms with Crippen LogP contribution in [-0.4, -0.2) is 35.7 Å². The highest BCUT2D eigenvalue weighted by Gasteiger charge is 2.25. The first-order valence-corrected chi connectivity index (χ1v) is 9.84. The number of carbonyl (C=O) groups excluding carboxylic acids is 1. The predicted molar refractivity (Wildman–Crippen MR) is 108 cm³/mol. The van der Waals surface area contributed by atoms with Crippen molar-refractivity contribution in [1.29, 1.82) is 0 Å². The fraction of sp³-hybridized carbons (Fsp3) is 0.318. The van der Waals surface area contributed by atoms with Crippen LogP contribution in [0.3, 0.4) is 0 Å². The molecule has 0 saturated carbocycles. The average Bonchev–Trinajstić information content (AvgIpc) is 3.30. The van der Waals surface area contributed by atoms with E-state index in [2.05, 4.69) is 20.4 Å². The largest absolute Gasteiger partial charge is 0.463 e. The van der Waals surface area contributed by atoms with Gasteiger partial charge in [-0.25, -0.2) is 4.39 Å². The standard InChI is InChI=1S/C22H23FN4O2/c23-18-5-3-16(4-6-18)9-12-24-22(28)17-10-13-27(14-11-17)21-8-7-19(25-26-21)20-2-1-15-29-20/h1-8,15,17H,9-14H2,(H,24,28). The van der Waals surface area contributed by atoms with Gasteiger partial charge in [-0.15, -0.1) is 10.2 Å². The topological polar surface area (TPSA) is 71.3 Å². The fourth-order valence-corrected chi connectivity index (χ4v) is 3.55. The average molecular weight is 394 g/mol. The maximum absolute atomic E-state index is 12.9. The van der Waals surface area contributed by atoms with Crippen LogP contribution < -0.4 is 10.2 Å². The van der Waals surface area contributed by atoms with E-state index in [1.165, 1.54) is 12.1 Å². The van der Waals surface area contributed by atoms with E-state index < -0.39 is 0 Å². The molecule has 0 aliphatic carbocycles. The van der Waals surface area contributed by atoms with Gasteiger partial charge in [0, 0.05) is 25.6 Å². The molecule has 0 unspecified atom stereocenters. The van der Waals surface area contributed by atoms with Crippen molar-refractivity contribution in [3.8, 4) is 11.5 Å². The molecule has 3 aromatic rings. The van der Waals surface area contributed by atoms with Gasteiger partial charge in [-0.1, -0.05) is 12.1 Å². The highest BCUT2D eigenvalue weighted by molar-refractivity contribution is 5.79. The third-order valence-electron chi connectivity index (χ3n) is 5.24. The second-order valence-electron chi connectivity index (χ2n) is 7.18. The molecule has 1 aromatic carbocycles. The zero-order valence-electron chi connectivity index (χ0n) is 16.1. The predicted octanol–water partition coefficient (Wildman–Crippen LogP) is 3.45. The van der Waals surface area contributed by atoms with Crippen molar-refractivity contribution < 1.29 is 13.6 Å². The lowest BCUT2D eigenvalue weighted by Crippen LogP contribution is -2.41. The summed E-state index contributed by atoms with van der Waals surface area (Å²) < 4.78 is 18.3. The Bertz CT molecular complexity index is 918. The number of hydrogen-bond donors (Lipinski definition) is 1. The molecule has 1 aliphatic heterocycles. The Labute approximate surface area is 168 Å². The molecule has 0 atom stereocenters. The normalized spacial score (nSPS) is 14.7. The van der Waals surface area contributed by atoms with Crippen molar-refractivity contribution in [3.63, 3.8) is 0 Å². The second-order valence-corrected chi connectivity index (χ2v) is 7.18. The van der Waals surface area contributed by atoms with Crippen molar-refractivity contribution >= 4 is 11.7 Å². The van der Waals surface area contributed by atoms with E-state index >= 15 is 0 Å². The van der Waals surface area contributed by atoms with Gasteiger partial charge in [0.1, 0.15) is 11.5 Å². The number of halogens is 1. The van der Waals surface area contributed by atoms with E-state index in [1.807, 2.05) is 24.3 Å². The molecule has 0 spiro atoms.